The first-order chi connectivity index (χ1) is 12.4. The second kappa shape index (κ2) is 8.02. The summed E-state index contributed by atoms with van der Waals surface area (Å²) in [6, 6.07) is 4.69. The number of nitrogens with one attached hydrogen (secondary N) is 1. The van der Waals surface area contributed by atoms with Crippen molar-refractivity contribution in [3.63, 3.8) is 0 Å². The molecule has 2 heterocycles. The van der Waals surface area contributed by atoms with E-state index in [0.717, 1.165) is 31.6 Å². The van der Waals surface area contributed by atoms with Crippen molar-refractivity contribution in [3.05, 3.63) is 30.1 Å². The Hall–Kier alpha value is -1.51. The average Bonchev–Trinajstić information content (AvgIpc) is 3.17. The summed E-state index contributed by atoms with van der Waals surface area (Å²) in [5, 5.41) is 2.98. The lowest BCUT2D eigenvalue weighted by Gasteiger charge is -2.32. The molecule has 0 bridgehead atoms. The van der Waals surface area contributed by atoms with Gasteiger partial charge in [-0.3, -0.25) is 4.79 Å². The third kappa shape index (κ3) is 4.24. The molecule has 0 saturated carbocycles. The number of rotatable bonds is 5. The van der Waals surface area contributed by atoms with Gasteiger partial charge >= 0.3 is 0 Å². The monoisotopic (exact) mass is 384 g/mol. The highest BCUT2D eigenvalue weighted by atomic mass is 32.2. The lowest BCUT2D eigenvalue weighted by molar-refractivity contribution is -0.127. The van der Waals surface area contributed by atoms with Crippen LogP contribution in [0.2, 0.25) is 0 Å². The Labute approximate surface area is 153 Å². The largest absolute Gasteiger partial charge is 0.376 e. The molecule has 0 aliphatic carbocycles. The van der Waals surface area contributed by atoms with Crippen LogP contribution in [0.4, 0.5) is 4.39 Å². The first-order valence-corrected chi connectivity index (χ1v) is 10.5. The quantitative estimate of drug-likeness (QED) is 0.841. The standard InChI is InChI=1S/C18H25FN2O4S/c1-13(17-5-3-11-25-17)20-18(22)14-4-2-10-21(12-14)26(23,24)16-8-6-15(19)7-9-16/h6-9,13-14,17H,2-5,10-12H2,1H3,(H,20,22). The van der Waals surface area contributed by atoms with Crippen LogP contribution in [-0.2, 0) is 19.6 Å². The fourth-order valence-corrected chi connectivity index (χ4v) is 5.09. The number of amides is 1. The molecule has 0 aromatic heterocycles. The molecule has 0 radical (unpaired) electrons. The van der Waals surface area contributed by atoms with Crippen molar-refractivity contribution in [1.29, 1.82) is 0 Å². The van der Waals surface area contributed by atoms with Crippen LogP contribution in [0.25, 0.3) is 0 Å². The van der Waals surface area contributed by atoms with Gasteiger partial charge in [-0.15, -0.1) is 0 Å². The minimum Gasteiger partial charge on any atom is -0.376 e. The van der Waals surface area contributed by atoms with Gasteiger partial charge in [0.2, 0.25) is 15.9 Å². The zero-order chi connectivity index (χ0) is 18.7. The van der Waals surface area contributed by atoms with Crippen molar-refractivity contribution < 1.29 is 22.3 Å². The number of piperidine rings is 1. The highest BCUT2D eigenvalue weighted by molar-refractivity contribution is 7.89. The van der Waals surface area contributed by atoms with E-state index < -0.39 is 15.8 Å². The molecule has 2 aliphatic rings. The molecule has 2 saturated heterocycles. The van der Waals surface area contributed by atoms with Gasteiger partial charge in [-0.2, -0.15) is 4.31 Å². The van der Waals surface area contributed by atoms with Crippen LogP contribution in [-0.4, -0.2) is 50.5 Å². The predicted molar refractivity (Wildman–Crippen MR) is 94.5 cm³/mol. The molecule has 2 aliphatic heterocycles. The zero-order valence-electron chi connectivity index (χ0n) is 14.9. The number of nitrogens with zero attached hydrogens (tertiary/aromatic N) is 1. The number of carbonyl (C=O) groups excluding carboxylic acids is 1. The van der Waals surface area contributed by atoms with E-state index in [2.05, 4.69) is 5.32 Å². The molecule has 1 amide bonds. The highest BCUT2D eigenvalue weighted by Gasteiger charge is 2.34. The molecule has 6 nitrogen and oxygen atoms in total. The van der Waals surface area contributed by atoms with E-state index in [1.807, 2.05) is 6.92 Å². The normalized spacial score (nSPS) is 25.8. The van der Waals surface area contributed by atoms with Crippen LogP contribution in [0.5, 0.6) is 0 Å². The van der Waals surface area contributed by atoms with Gasteiger partial charge in [0, 0.05) is 19.7 Å². The van der Waals surface area contributed by atoms with Crippen LogP contribution in [0.15, 0.2) is 29.2 Å². The number of carbonyl (C=O) groups is 1. The van der Waals surface area contributed by atoms with Crippen molar-refractivity contribution in [3.8, 4) is 0 Å². The minimum atomic E-state index is -3.73. The second-order valence-electron chi connectivity index (χ2n) is 7.00. The number of hydrogen-bond donors (Lipinski definition) is 1. The molecule has 1 N–H and O–H groups in total. The van der Waals surface area contributed by atoms with Gasteiger partial charge in [-0.1, -0.05) is 0 Å². The van der Waals surface area contributed by atoms with Gasteiger partial charge in [0.05, 0.1) is 23.0 Å². The molecule has 0 spiro atoms. The molecule has 3 atom stereocenters. The molecular weight excluding hydrogens is 359 g/mol. The maximum atomic E-state index is 13.1. The molecule has 1 aromatic carbocycles. The van der Waals surface area contributed by atoms with Crippen LogP contribution < -0.4 is 5.32 Å². The number of hydrogen-bond acceptors (Lipinski definition) is 4. The topological polar surface area (TPSA) is 75.7 Å². The van der Waals surface area contributed by atoms with Gasteiger partial charge in [0.15, 0.2) is 0 Å². The van der Waals surface area contributed by atoms with Crippen LogP contribution in [0, 0.1) is 11.7 Å². The number of sulfonamides is 1. The Morgan fingerprint density at radius 3 is 2.65 bits per heavy atom. The summed E-state index contributed by atoms with van der Waals surface area (Å²) in [7, 11) is -3.73. The SMILES string of the molecule is CC(NC(=O)C1CCCN(S(=O)(=O)c2ccc(F)cc2)C1)C1CCCO1. The van der Waals surface area contributed by atoms with Crippen molar-refractivity contribution >= 4 is 15.9 Å². The summed E-state index contributed by atoms with van der Waals surface area (Å²) in [6.45, 7) is 3.15. The maximum Gasteiger partial charge on any atom is 0.243 e. The third-order valence-corrected chi connectivity index (χ3v) is 6.98. The number of ether oxygens (including phenoxy) is 1. The summed E-state index contributed by atoms with van der Waals surface area (Å²) in [5.74, 6) is -1.00. The maximum absolute atomic E-state index is 13.1. The van der Waals surface area contributed by atoms with Crippen LogP contribution in [0.3, 0.4) is 0 Å². The van der Waals surface area contributed by atoms with Gasteiger partial charge in [0.1, 0.15) is 5.82 Å². The Bertz CT molecular complexity index is 732. The Balaban J connectivity index is 1.64. The highest BCUT2D eigenvalue weighted by Crippen LogP contribution is 2.24. The molecule has 1 aromatic rings. The van der Waals surface area contributed by atoms with Crippen LogP contribution in [0.1, 0.15) is 32.6 Å². The van der Waals surface area contributed by atoms with Crippen LogP contribution >= 0.6 is 0 Å². The van der Waals surface area contributed by atoms with Crippen molar-refractivity contribution in [2.75, 3.05) is 19.7 Å². The molecule has 2 fully saturated rings. The Kier molecular flexibility index (Phi) is 5.94. The molecular formula is C18H25FN2O4S. The van der Waals surface area contributed by atoms with E-state index >= 15 is 0 Å². The smallest absolute Gasteiger partial charge is 0.243 e. The van der Waals surface area contributed by atoms with E-state index in [1.165, 1.54) is 16.4 Å². The van der Waals surface area contributed by atoms with Crippen molar-refractivity contribution in [2.24, 2.45) is 5.92 Å². The second-order valence-corrected chi connectivity index (χ2v) is 8.94. The summed E-state index contributed by atoms with van der Waals surface area (Å²) in [5.41, 5.74) is 0. The Morgan fingerprint density at radius 2 is 2.00 bits per heavy atom. The first kappa shape index (κ1) is 19.3. The predicted octanol–water partition coefficient (Wildman–Crippen LogP) is 1.91. The third-order valence-electron chi connectivity index (χ3n) is 5.10. The van der Waals surface area contributed by atoms with Gasteiger partial charge < -0.3 is 10.1 Å². The zero-order valence-corrected chi connectivity index (χ0v) is 15.7. The average molecular weight is 384 g/mol. The van der Waals surface area contributed by atoms with E-state index in [-0.39, 0.29) is 35.4 Å². The lowest BCUT2D eigenvalue weighted by Crippen LogP contribution is -2.49. The van der Waals surface area contributed by atoms with Gasteiger partial charge in [0.25, 0.3) is 0 Å². The van der Waals surface area contributed by atoms with Crippen molar-refractivity contribution in [1.82, 2.24) is 9.62 Å². The minimum absolute atomic E-state index is 0.0293. The van der Waals surface area contributed by atoms with E-state index in [9.17, 15) is 17.6 Å². The summed E-state index contributed by atoms with van der Waals surface area (Å²) in [4.78, 5) is 12.6. The lowest BCUT2D eigenvalue weighted by atomic mass is 9.98. The fraction of sp³-hybridized carbons (Fsp3) is 0.611. The first-order valence-electron chi connectivity index (χ1n) is 9.05. The summed E-state index contributed by atoms with van der Waals surface area (Å²) in [6.07, 6.45) is 3.23. The van der Waals surface area contributed by atoms with E-state index in [0.29, 0.717) is 19.4 Å². The van der Waals surface area contributed by atoms with E-state index in [4.69, 9.17) is 4.74 Å². The number of benzene rings is 1. The molecule has 3 unspecified atom stereocenters. The molecule has 144 valence electrons. The fourth-order valence-electron chi connectivity index (χ4n) is 3.56. The molecule has 26 heavy (non-hydrogen) atoms. The molecule has 8 heteroatoms. The summed E-state index contributed by atoms with van der Waals surface area (Å²) >= 11 is 0. The van der Waals surface area contributed by atoms with Crippen molar-refractivity contribution in [2.45, 2.75) is 49.6 Å². The number of halogens is 1. The Morgan fingerprint density at radius 1 is 1.27 bits per heavy atom. The van der Waals surface area contributed by atoms with Gasteiger partial charge in [-0.25, -0.2) is 12.8 Å². The summed E-state index contributed by atoms with van der Waals surface area (Å²) < 4.78 is 45.5. The molecule has 3 rings (SSSR count). The van der Waals surface area contributed by atoms with Gasteiger partial charge in [-0.05, 0) is 56.9 Å². The van der Waals surface area contributed by atoms with E-state index in [1.54, 1.807) is 0 Å².